The van der Waals surface area contributed by atoms with E-state index in [0.717, 1.165) is 6.42 Å². The van der Waals surface area contributed by atoms with Crippen molar-refractivity contribution in [2.24, 2.45) is 11.8 Å². The van der Waals surface area contributed by atoms with E-state index >= 15 is 0 Å². The van der Waals surface area contributed by atoms with Gasteiger partial charge in [-0.2, -0.15) is 0 Å². The van der Waals surface area contributed by atoms with Gasteiger partial charge in [0, 0.05) is 11.5 Å². The van der Waals surface area contributed by atoms with Crippen LogP contribution in [0.5, 0.6) is 5.75 Å². The van der Waals surface area contributed by atoms with E-state index in [1.807, 2.05) is 0 Å². The van der Waals surface area contributed by atoms with Crippen LogP contribution in [-0.4, -0.2) is 23.6 Å². The molecule has 3 rings (SSSR count). The van der Waals surface area contributed by atoms with Gasteiger partial charge in [-0.15, -0.1) is 0 Å². The molecular weight excluding hydrogens is 313 g/mol. The van der Waals surface area contributed by atoms with E-state index in [-0.39, 0.29) is 29.6 Å². The van der Waals surface area contributed by atoms with Gasteiger partial charge in [-0.05, 0) is 56.7 Å². The average Bonchev–Trinajstić information content (AvgIpc) is 2.77. The molecule has 0 spiro atoms. The summed E-state index contributed by atoms with van der Waals surface area (Å²) >= 11 is 0. The highest BCUT2D eigenvalue weighted by molar-refractivity contribution is 5.80. The molecule has 24 heavy (non-hydrogen) atoms. The number of rotatable bonds is 3. The maximum absolute atomic E-state index is 13.6. The summed E-state index contributed by atoms with van der Waals surface area (Å²) in [5, 5.41) is 12.1. The first-order valence-electron chi connectivity index (χ1n) is 8.50. The highest BCUT2D eigenvalue weighted by Crippen LogP contribution is 2.34. The molecule has 0 bridgehead atoms. The van der Waals surface area contributed by atoms with E-state index in [2.05, 4.69) is 5.32 Å². The topological polar surface area (TPSA) is 75.6 Å². The van der Waals surface area contributed by atoms with Crippen LogP contribution in [0.15, 0.2) is 18.2 Å². The van der Waals surface area contributed by atoms with Gasteiger partial charge in [-0.3, -0.25) is 9.59 Å². The zero-order chi connectivity index (χ0) is 17.1. The largest absolute Gasteiger partial charge is 0.493 e. The monoisotopic (exact) mass is 335 g/mol. The Balaban J connectivity index is 1.67. The van der Waals surface area contributed by atoms with E-state index in [1.54, 1.807) is 6.07 Å². The molecule has 1 saturated carbocycles. The number of hydrogen-bond acceptors (Lipinski definition) is 3. The third-order valence-electron chi connectivity index (χ3n) is 5.01. The van der Waals surface area contributed by atoms with Gasteiger partial charge in [-0.1, -0.05) is 0 Å². The summed E-state index contributed by atoms with van der Waals surface area (Å²) in [4.78, 5) is 23.6. The van der Waals surface area contributed by atoms with E-state index in [4.69, 9.17) is 9.84 Å². The van der Waals surface area contributed by atoms with Crippen molar-refractivity contribution < 1.29 is 23.8 Å². The van der Waals surface area contributed by atoms with Crippen LogP contribution < -0.4 is 10.1 Å². The molecule has 1 aromatic rings. The number of nitrogens with one attached hydrogen (secondary N) is 1. The molecule has 1 amide bonds. The third-order valence-corrected chi connectivity index (χ3v) is 5.01. The van der Waals surface area contributed by atoms with Crippen LogP contribution in [0.4, 0.5) is 4.39 Å². The lowest BCUT2D eigenvalue weighted by molar-refractivity contribution is -0.144. The van der Waals surface area contributed by atoms with Crippen LogP contribution in [0.25, 0.3) is 0 Å². The summed E-state index contributed by atoms with van der Waals surface area (Å²) in [6.07, 6.45) is 3.72. The Morgan fingerprint density at radius 2 is 1.83 bits per heavy atom. The van der Waals surface area contributed by atoms with Gasteiger partial charge < -0.3 is 15.2 Å². The fourth-order valence-electron chi connectivity index (χ4n) is 3.59. The Morgan fingerprint density at radius 1 is 1.12 bits per heavy atom. The summed E-state index contributed by atoms with van der Waals surface area (Å²) in [6, 6.07) is 4.12. The summed E-state index contributed by atoms with van der Waals surface area (Å²) in [5.41, 5.74) is 0.681. The lowest BCUT2D eigenvalue weighted by Gasteiger charge is -2.27. The number of aliphatic carboxylic acids is 1. The average molecular weight is 335 g/mol. The van der Waals surface area contributed by atoms with Gasteiger partial charge in [-0.25, -0.2) is 4.39 Å². The molecule has 0 aromatic heterocycles. The van der Waals surface area contributed by atoms with Gasteiger partial charge in [0.2, 0.25) is 5.91 Å². The quantitative estimate of drug-likeness (QED) is 0.890. The number of ether oxygens (including phenoxy) is 1. The first-order chi connectivity index (χ1) is 11.5. The molecule has 1 atom stereocenters. The van der Waals surface area contributed by atoms with Crippen LogP contribution in [0, 0.1) is 17.7 Å². The molecule has 1 heterocycles. The molecule has 6 heteroatoms. The van der Waals surface area contributed by atoms with Gasteiger partial charge >= 0.3 is 5.97 Å². The Labute approximate surface area is 140 Å². The Bertz CT molecular complexity index is 625. The molecular formula is C18H22FNO4. The van der Waals surface area contributed by atoms with Crippen molar-refractivity contribution in [3.05, 3.63) is 29.6 Å². The molecule has 1 aliphatic carbocycles. The van der Waals surface area contributed by atoms with Crippen LogP contribution in [0.3, 0.4) is 0 Å². The van der Waals surface area contributed by atoms with Gasteiger partial charge in [0.05, 0.1) is 18.6 Å². The van der Waals surface area contributed by atoms with Crippen molar-refractivity contribution >= 4 is 11.9 Å². The Kier molecular flexibility index (Phi) is 5.02. The first kappa shape index (κ1) is 16.7. The minimum Gasteiger partial charge on any atom is -0.493 e. The molecule has 130 valence electrons. The van der Waals surface area contributed by atoms with E-state index in [9.17, 15) is 14.0 Å². The van der Waals surface area contributed by atoms with Crippen LogP contribution >= 0.6 is 0 Å². The first-order valence-corrected chi connectivity index (χ1v) is 8.50. The number of hydrogen-bond donors (Lipinski definition) is 2. The molecule has 5 nitrogen and oxygen atoms in total. The number of benzene rings is 1. The fourth-order valence-corrected chi connectivity index (χ4v) is 3.59. The Morgan fingerprint density at radius 3 is 2.54 bits per heavy atom. The van der Waals surface area contributed by atoms with Crippen LogP contribution in [0.1, 0.15) is 50.1 Å². The van der Waals surface area contributed by atoms with Crippen molar-refractivity contribution in [1.29, 1.82) is 0 Å². The van der Waals surface area contributed by atoms with Gasteiger partial charge in [0.25, 0.3) is 0 Å². The second-order valence-electron chi connectivity index (χ2n) is 6.62. The number of fused-ring (bicyclic) bond motifs is 1. The lowest BCUT2D eigenvalue weighted by Crippen LogP contribution is -2.36. The van der Waals surface area contributed by atoms with Crippen molar-refractivity contribution in [1.82, 2.24) is 5.32 Å². The predicted octanol–water partition coefficient (Wildman–Crippen LogP) is 3.05. The zero-order valence-corrected chi connectivity index (χ0v) is 13.5. The minimum atomic E-state index is -0.779. The highest BCUT2D eigenvalue weighted by Gasteiger charge is 2.31. The molecule has 0 radical (unpaired) electrons. The second kappa shape index (κ2) is 7.20. The number of halogens is 1. The van der Waals surface area contributed by atoms with Crippen LogP contribution in [-0.2, 0) is 9.59 Å². The van der Waals surface area contributed by atoms with E-state index in [0.29, 0.717) is 50.0 Å². The van der Waals surface area contributed by atoms with Crippen LogP contribution in [0.2, 0.25) is 0 Å². The van der Waals surface area contributed by atoms with Gasteiger partial charge in [0.15, 0.2) is 0 Å². The second-order valence-corrected chi connectivity index (χ2v) is 6.62. The molecule has 1 aliphatic heterocycles. The maximum Gasteiger partial charge on any atom is 0.306 e. The number of carbonyl (C=O) groups excluding carboxylic acids is 1. The summed E-state index contributed by atoms with van der Waals surface area (Å²) < 4.78 is 19.2. The normalized spacial score (nSPS) is 26.6. The molecule has 1 aromatic carbocycles. The highest BCUT2D eigenvalue weighted by atomic mass is 19.1. The molecule has 2 aliphatic rings. The van der Waals surface area contributed by atoms with Crippen molar-refractivity contribution in [3.8, 4) is 5.75 Å². The number of carbonyl (C=O) groups is 2. The van der Waals surface area contributed by atoms with Gasteiger partial charge in [0.1, 0.15) is 11.6 Å². The molecule has 2 N–H and O–H groups in total. The minimum absolute atomic E-state index is 0.0686. The lowest BCUT2D eigenvalue weighted by atomic mass is 9.81. The third kappa shape index (κ3) is 3.68. The summed E-state index contributed by atoms with van der Waals surface area (Å²) in [6.45, 7) is 0.550. The van der Waals surface area contributed by atoms with E-state index in [1.165, 1.54) is 12.1 Å². The van der Waals surface area contributed by atoms with E-state index < -0.39 is 5.97 Å². The molecule has 1 fully saturated rings. The standard InChI is InChI=1S/C18H22FNO4/c19-13-7-8-16-14(10-13)15(2-1-9-24-16)20-17(21)11-3-5-12(6-4-11)18(22)23/h7-8,10-12,15H,1-6,9H2,(H,20,21)(H,22,23). The molecule has 0 saturated heterocycles. The fraction of sp³-hybridized carbons (Fsp3) is 0.556. The smallest absolute Gasteiger partial charge is 0.306 e. The summed E-state index contributed by atoms with van der Waals surface area (Å²) in [5.74, 6) is -1.08. The number of amides is 1. The SMILES string of the molecule is O=C(O)C1CCC(C(=O)NC2CCCOc3ccc(F)cc32)CC1. The van der Waals surface area contributed by atoms with Crippen molar-refractivity contribution in [2.45, 2.75) is 44.6 Å². The zero-order valence-electron chi connectivity index (χ0n) is 13.5. The summed E-state index contributed by atoms with van der Waals surface area (Å²) in [7, 11) is 0. The number of carboxylic acids is 1. The van der Waals surface area contributed by atoms with Crippen molar-refractivity contribution in [2.75, 3.05) is 6.61 Å². The maximum atomic E-state index is 13.6. The Hall–Kier alpha value is -2.11. The van der Waals surface area contributed by atoms with Crippen molar-refractivity contribution in [3.63, 3.8) is 0 Å². The molecule has 1 unspecified atom stereocenters. The predicted molar refractivity (Wildman–Crippen MR) is 85.1 cm³/mol. The number of carboxylic acid groups (broad SMARTS) is 1.